The predicted molar refractivity (Wildman–Crippen MR) is 112 cm³/mol. The zero-order valence-electron chi connectivity index (χ0n) is 17.2. The minimum Gasteiger partial charge on any atom is -0.494 e. The van der Waals surface area contributed by atoms with Crippen LogP contribution in [0.3, 0.4) is 0 Å². The van der Waals surface area contributed by atoms with Gasteiger partial charge in [0.15, 0.2) is 0 Å². The van der Waals surface area contributed by atoms with E-state index in [-0.39, 0.29) is 16.5 Å². The highest BCUT2D eigenvalue weighted by Crippen LogP contribution is 2.33. The van der Waals surface area contributed by atoms with Gasteiger partial charge < -0.3 is 15.4 Å². The summed E-state index contributed by atoms with van der Waals surface area (Å²) in [5, 5.41) is 6.47. The molecule has 1 amide bonds. The average molecular weight is 469 g/mol. The standard InChI is InChI=1S/C19H15BrClFN4O2/c1-28-17-9-15-12(8-16(17)26-18(27)3-2-6-20)19(24-10-23-15)25-11-4-5-14(22)13(21)7-11/h2-5,7-10H,6H2,1H3,(H,26,27)(H,23,24,25)/b3-2+/i1D3. The molecule has 3 aromatic rings. The van der Waals surface area contributed by atoms with Gasteiger partial charge in [-0.25, -0.2) is 14.4 Å². The summed E-state index contributed by atoms with van der Waals surface area (Å²) in [5.41, 5.74) is 0.946. The van der Waals surface area contributed by atoms with Gasteiger partial charge in [-0.3, -0.25) is 4.79 Å². The molecule has 1 heterocycles. The Hall–Kier alpha value is -2.71. The SMILES string of the molecule is [2H]C([2H])([2H])Oc1cc2ncnc(Nc3ccc(F)c(Cl)c3)c2cc1NC(=O)/C=C/CBr. The summed E-state index contributed by atoms with van der Waals surface area (Å²) in [6.45, 7) is 0. The summed E-state index contributed by atoms with van der Waals surface area (Å²) in [5.74, 6) is -0.791. The maximum atomic E-state index is 13.4. The molecule has 9 heteroatoms. The lowest BCUT2D eigenvalue weighted by Crippen LogP contribution is -2.09. The van der Waals surface area contributed by atoms with Crippen molar-refractivity contribution < 1.29 is 18.0 Å². The van der Waals surface area contributed by atoms with Crippen molar-refractivity contribution in [3.05, 3.63) is 59.7 Å². The van der Waals surface area contributed by atoms with Crippen LogP contribution in [0.1, 0.15) is 4.11 Å². The van der Waals surface area contributed by atoms with Gasteiger partial charge in [-0.15, -0.1) is 0 Å². The third-order valence-electron chi connectivity index (χ3n) is 3.65. The van der Waals surface area contributed by atoms with Crippen LogP contribution in [0.5, 0.6) is 5.75 Å². The van der Waals surface area contributed by atoms with Gasteiger partial charge in [-0.2, -0.15) is 0 Å². The van der Waals surface area contributed by atoms with E-state index < -0.39 is 18.8 Å². The fraction of sp³-hybridized carbons (Fsp3) is 0.105. The normalized spacial score (nSPS) is 13.0. The van der Waals surface area contributed by atoms with Crippen LogP contribution in [0.15, 0.2) is 48.8 Å². The molecule has 3 rings (SSSR count). The molecule has 0 atom stereocenters. The first-order valence-corrected chi connectivity index (χ1v) is 9.39. The van der Waals surface area contributed by atoms with E-state index in [1.54, 1.807) is 6.08 Å². The maximum absolute atomic E-state index is 13.4. The third kappa shape index (κ3) is 4.58. The molecule has 0 spiro atoms. The fourth-order valence-corrected chi connectivity index (χ4v) is 2.77. The zero-order chi connectivity index (χ0) is 22.6. The number of rotatable bonds is 6. The highest BCUT2D eigenvalue weighted by Gasteiger charge is 2.12. The number of fused-ring (bicyclic) bond motifs is 1. The minimum atomic E-state index is -2.74. The van der Waals surface area contributed by atoms with Crippen molar-refractivity contribution in [3.8, 4) is 5.75 Å². The van der Waals surface area contributed by atoms with Gasteiger partial charge in [-0.05, 0) is 24.3 Å². The molecule has 0 saturated carbocycles. The molecular weight excluding hydrogens is 451 g/mol. The molecule has 28 heavy (non-hydrogen) atoms. The minimum absolute atomic E-state index is 0.0664. The third-order valence-corrected chi connectivity index (χ3v) is 4.31. The first kappa shape index (κ1) is 16.3. The van der Waals surface area contributed by atoms with Crippen molar-refractivity contribution in [1.82, 2.24) is 9.97 Å². The molecule has 0 aliphatic carbocycles. The number of hydrogen-bond donors (Lipinski definition) is 2. The molecule has 1 aromatic heterocycles. The van der Waals surface area contributed by atoms with Crippen LogP contribution in [0.2, 0.25) is 5.02 Å². The number of methoxy groups -OCH3 is 1. The summed E-state index contributed by atoms with van der Waals surface area (Å²) in [4.78, 5) is 20.5. The maximum Gasteiger partial charge on any atom is 0.248 e. The molecule has 2 N–H and O–H groups in total. The Kier molecular flexibility index (Phi) is 5.22. The van der Waals surface area contributed by atoms with Crippen LogP contribution in [-0.2, 0) is 4.79 Å². The van der Waals surface area contributed by atoms with Crippen LogP contribution in [-0.4, -0.2) is 28.2 Å². The van der Waals surface area contributed by atoms with E-state index in [2.05, 4.69) is 36.5 Å². The summed E-state index contributed by atoms with van der Waals surface area (Å²) in [7, 11) is -2.74. The Labute approximate surface area is 178 Å². The summed E-state index contributed by atoms with van der Waals surface area (Å²) < 4.78 is 40.6. The molecular formula is C19H15BrClFN4O2. The highest BCUT2D eigenvalue weighted by atomic mass is 79.9. The lowest BCUT2D eigenvalue weighted by molar-refractivity contribution is -0.111. The number of alkyl halides is 1. The number of hydrogen-bond acceptors (Lipinski definition) is 5. The Morgan fingerprint density at radius 1 is 1.39 bits per heavy atom. The topological polar surface area (TPSA) is 76.1 Å². The molecule has 0 bridgehead atoms. The second-order valence-corrected chi connectivity index (χ2v) is 6.54. The predicted octanol–water partition coefficient (Wildman–Crippen LogP) is 5.06. The van der Waals surface area contributed by atoms with Crippen LogP contribution in [0, 0.1) is 5.82 Å². The first-order chi connectivity index (χ1) is 14.7. The van der Waals surface area contributed by atoms with Gasteiger partial charge in [0.1, 0.15) is 23.7 Å². The number of amides is 1. The van der Waals surface area contributed by atoms with E-state index in [0.717, 1.165) is 0 Å². The summed E-state index contributed by atoms with van der Waals surface area (Å²) in [6, 6.07) is 6.96. The van der Waals surface area contributed by atoms with E-state index in [0.29, 0.717) is 27.7 Å². The number of nitrogens with zero attached hydrogens (tertiary/aromatic N) is 2. The van der Waals surface area contributed by atoms with Crippen LogP contribution >= 0.6 is 27.5 Å². The van der Waals surface area contributed by atoms with Crippen molar-refractivity contribution >= 4 is 61.5 Å². The van der Waals surface area contributed by atoms with Crippen molar-refractivity contribution in [2.45, 2.75) is 0 Å². The lowest BCUT2D eigenvalue weighted by Gasteiger charge is -2.13. The summed E-state index contributed by atoms with van der Waals surface area (Å²) in [6.07, 6.45) is 4.14. The smallest absolute Gasteiger partial charge is 0.248 e. The molecule has 0 radical (unpaired) electrons. The number of anilines is 3. The van der Waals surface area contributed by atoms with Crippen LogP contribution in [0.4, 0.5) is 21.6 Å². The van der Waals surface area contributed by atoms with Crippen LogP contribution in [0.25, 0.3) is 10.9 Å². The van der Waals surface area contributed by atoms with Crippen molar-refractivity contribution in [2.24, 2.45) is 0 Å². The van der Waals surface area contributed by atoms with Crippen molar-refractivity contribution in [2.75, 3.05) is 23.0 Å². The van der Waals surface area contributed by atoms with E-state index in [1.807, 2.05) is 0 Å². The summed E-state index contributed by atoms with van der Waals surface area (Å²) >= 11 is 9.01. The Morgan fingerprint density at radius 2 is 2.25 bits per heavy atom. The molecule has 0 fully saturated rings. The monoisotopic (exact) mass is 467 g/mol. The van der Waals surface area contributed by atoms with E-state index in [1.165, 1.54) is 42.7 Å². The highest BCUT2D eigenvalue weighted by molar-refractivity contribution is 9.09. The van der Waals surface area contributed by atoms with Gasteiger partial charge in [-0.1, -0.05) is 33.6 Å². The quantitative estimate of drug-likeness (QED) is 0.390. The molecule has 144 valence electrons. The Bertz CT molecular complexity index is 1160. The number of halogens is 3. The molecule has 0 aliphatic rings. The number of allylic oxidation sites excluding steroid dienone is 1. The number of benzene rings is 2. The fourth-order valence-electron chi connectivity index (χ4n) is 2.40. The van der Waals surface area contributed by atoms with Gasteiger partial charge in [0.2, 0.25) is 5.91 Å². The number of ether oxygens (including phenoxy) is 1. The molecule has 2 aromatic carbocycles. The van der Waals surface area contributed by atoms with Gasteiger partial charge in [0, 0.05) is 28.5 Å². The number of aromatic nitrogens is 2. The van der Waals surface area contributed by atoms with Gasteiger partial charge in [0.05, 0.1) is 27.4 Å². The number of carbonyl (C=O) groups excluding carboxylic acids is 1. The molecule has 6 nitrogen and oxygen atoms in total. The number of nitrogens with one attached hydrogen (secondary N) is 2. The van der Waals surface area contributed by atoms with Crippen molar-refractivity contribution in [3.63, 3.8) is 0 Å². The number of carbonyl (C=O) groups is 1. The first-order valence-electron chi connectivity index (χ1n) is 9.39. The van der Waals surface area contributed by atoms with E-state index >= 15 is 0 Å². The zero-order valence-corrected chi connectivity index (χ0v) is 16.5. The average Bonchev–Trinajstić information content (AvgIpc) is 2.69. The second-order valence-electron chi connectivity index (χ2n) is 5.49. The lowest BCUT2D eigenvalue weighted by atomic mass is 10.1. The second kappa shape index (κ2) is 8.99. The Balaban J connectivity index is 2.06. The van der Waals surface area contributed by atoms with Crippen LogP contribution < -0.4 is 15.4 Å². The molecule has 0 aliphatic heterocycles. The Morgan fingerprint density at radius 3 is 3.00 bits per heavy atom. The van der Waals surface area contributed by atoms with E-state index in [9.17, 15) is 9.18 Å². The molecule has 0 saturated heterocycles. The molecule has 0 unspecified atom stereocenters. The van der Waals surface area contributed by atoms with Crippen molar-refractivity contribution in [1.29, 1.82) is 0 Å². The largest absolute Gasteiger partial charge is 0.494 e. The van der Waals surface area contributed by atoms with Gasteiger partial charge >= 0.3 is 0 Å². The van der Waals surface area contributed by atoms with Gasteiger partial charge in [0.25, 0.3) is 0 Å². The van der Waals surface area contributed by atoms with E-state index in [4.69, 9.17) is 20.5 Å².